The third-order valence-corrected chi connectivity index (χ3v) is 8.04. The highest BCUT2D eigenvalue weighted by molar-refractivity contribution is 6.19. The van der Waals surface area contributed by atoms with Crippen LogP contribution in [0.25, 0.3) is 60.6 Å². The number of nitrogens with zero attached hydrogens (tertiary/aromatic N) is 4. The van der Waals surface area contributed by atoms with E-state index in [4.69, 9.17) is 4.98 Å². The van der Waals surface area contributed by atoms with Crippen LogP contribution in [0.1, 0.15) is 22.3 Å². The van der Waals surface area contributed by atoms with Gasteiger partial charge in [0.15, 0.2) is 0 Å². The fourth-order valence-electron chi connectivity index (χ4n) is 6.59. The first-order valence-corrected chi connectivity index (χ1v) is 12.0. The van der Waals surface area contributed by atoms with Crippen molar-refractivity contribution in [2.24, 2.45) is 0 Å². The Balaban J connectivity index is 1.45. The molecule has 0 bridgehead atoms. The Morgan fingerprint density at radius 2 is 1.43 bits per heavy atom. The molecule has 4 heterocycles. The van der Waals surface area contributed by atoms with Crippen LogP contribution in [0.2, 0.25) is 0 Å². The van der Waals surface area contributed by atoms with Gasteiger partial charge in [0, 0.05) is 29.4 Å². The fourth-order valence-corrected chi connectivity index (χ4v) is 6.59. The van der Waals surface area contributed by atoms with Crippen molar-refractivity contribution < 1.29 is 0 Å². The van der Waals surface area contributed by atoms with E-state index in [9.17, 15) is 0 Å². The van der Waals surface area contributed by atoms with Crippen molar-refractivity contribution in [3.8, 4) is 22.3 Å². The summed E-state index contributed by atoms with van der Waals surface area (Å²) in [7, 11) is 0. The minimum atomic E-state index is 0.915. The number of benzene rings is 3. The predicted molar refractivity (Wildman–Crippen MR) is 140 cm³/mol. The number of aromatic nitrogens is 4. The summed E-state index contributed by atoms with van der Waals surface area (Å²) in [6.07, 6.45) is 9.55. The Kier molecular flexibility index (Phi) is 3.11. The number of fused-ring (bicyclic) bond motifs is 16. The Morgan fingerprint density at radius 3 is 2.40 bits per heavy atom. The molecule has 0 spiro atoms. The van der Waals surface area contributed by atoms with Gasteiger partial charge in [0.1, 0.15) is 11.2 Å². The molecule has 4 heteroatoms. The molecule has 0 unspecified atom stereocenters. The lowest BCUT2D eigenvalue weighted by atomic mass is 9.94. The molecule has 162 valence electrons. The van der Waals surface area contributed by atoms with E-state index < -0.39 is 0 Å². The van der Waals surface area contributed by atoms with Gasteiger partial charge in [-0.1, -0.05) is 48.5 Å². The van der Waals surface area contributed by atoms with Gasteiger partial charge in [-0.15, -0.1) is 0 Å². The highest BCUT2D eigenvalue weighted by Gasteiger charge is 2.30. The van der Waals surface area contributed by atoms with Crippen molar-refractivity contribution in [2.75, 3.05) is 0 Å². The number of hydrogen-bond acceptors (Lipinski definition) is 3. The second-order valence-corrected chi connectivity index (χ2v) is 9.68. The number of pyridine rings is 3. The fraction of sp³-hybridized carbons (Fsp3) is 0.0645. The third-order valence-electron chi connectivity index (χ3n) is 8.04. The molecule has 0 aliphatic heterocycles. The molecule has 0 fully saturated rings. The van der Waals surface area contributed by atoms with Crippen molar-refractivity contribution >= 4 is 38.4 Å². The molecular formula is C31H18N4. The second-order valence-electron chi connectivity index (χ2n) is 9.68. The van der Waals surface area contributed by atoms with E-state index >= 15 is 0 Å². The molecule has 2 aliphatic carbocycles. The van der Waals surface area contributed by atoms with Gasteiger partial charge in [-0.25, -0.2) is 4.98 Å². The van der Waals surface area contributed by atoms with Crippen LogP contribution in [-0.2, 0) is 12.8 Å². The van der Waals surface area contributed by atoms with Gasteiger partial charge in [-0.2, -0.15) is 0 Å². The molecule has 7 aromatic rings. The molecule has 9 rings (SSSR count). The van der Waals surface area contributed by atoms with Crippen LogP contribution >= 0.6 is 0 Å². The Bertz CT molecular complexity index is 2070. The van der Waals surface area contributed by atoms with E-state index in [2.05, 4.69) is 75.0 Å². The second kappa shape index (κ2) is 6.10. The van der Waals surface area contributed by atoms with Crippen molar-refractivity contribution in [1.82, 2.24) is 19.4 Å². The highest BCUT2D eigenvalue weighted by atomic mass is 15.0. The van der Waals surface area contributed by atoms with Gasteiger partial charge in [-0.3, -0.25) is 14.4 Å². The molecule has 3 aromatic carbocycles. The van der Waals surface area contributed by atoms with Crippen LogP contribution in [-0.4, -0.2) is 19.4 Å². The minimum Gasteiger partial charge on any atom is -0.291 e. The summed E-state index contributed by atoms with van der Waals surface area (Å²) < 4.78 is 2.29. The largest absolute Gasteiger partial charge is 0.291 e. The topological polar surface area (TPSA) is 43.1 Å². The first-order valence-electron chi connectivity index (χ1n) is 12.0. The van der Waals surface area contributed by atoms with Crippen LogP contribution in [0.3, 0.4) is 0 Å². The van der Waals surface area contributed by atoms with Crippen molar-refractivity contribution in [3.05, 3.63) is 108 Å². The van der Waals surface area contributed by atoms with Gasteiger partial charge in [-0.05, 0) is 74.9 Å². The highest BCUT2D eigenvalue weighted by Crippen LogP contribution is 2.49. The first-order chi connectivity index (χ1) is 17.4. The van der Waals surface area contributed by atoms with E-state index in [0.29, 0.717) is 0 Å². The maximum atomic E-state index is 5.13. The van der Waals surface area contributed by atoms with Gasteiger partial charge < -0.3 is 0 Å². The zero-order valence-corrected chi connectivity index (χ0v) is 18.8. The average molecular weight is 447 g/mol. The van der Waals surface area contributed by atoms with Gasteiger partial charge in [0.2, 0.25) is 0 Å². The summed E-state index contributed by atoms with van der Waals surface area (Å²) in [5.41, 5.74) is 15.4. The lowest BCUT2D eigenvalue weighted by Gasteiger charge is -2.13. The Morgan fingerprint density at radius 1 is 0.629 bits per heavy atom. The molecule has 4 nitrogen and oxygen atoms in total. The SMILES string of the molecule is c1ccc2c(c1)Cc1c-2ccc2c1Cc1ccc3c4cnccc4n4c5ccncc5nc4c3c1-2. The molecular weight excluding hydrogens is 428 g/mol. The molecule has 0 N–H and O–H groups in total. The van der Waals surface area contributed by atoms with Crippen LogP contribution in [0.15, 0.2) is 85.5 Å². The lowest BCUT2D eigenvalue weighted by molar-refractivity contribution is 1.16. The van der Waals surface area contributed by atoms with E-state index in [1.54, 1.807) is 0 Å². The standard InChI is InChI=1S/C31H18N4/c1-2-4-19-17(3-1)13-23-20(19)7-8-21-24(23)14-18-5-6-22-25-15-32-11-9-27(25)35-28-10-12-33-16-26(28)34-31(35)30(22)29(18)21/h1-12,15-16H,13-14H2. The summed E-state index contributed by atoms with van der Waals surface area (Å²) in [5, 5.41) is 3.57. The van der Waals surface area contributed by atoms with E-state index in [0.717, 1.165) is 40.4 Å². The quantitative estimate of drug-likeness (QED) is 0.243. The lowest BCUT2D eigenvalue weighted by Crippen LogP contribution is -1.94. The van der Waals surface area contributed by atoms with Crippen LogP contribution in [0, 0.1) is 0 Å². The number of rotatable bonds is 0. The van der Waals surface area contributed by atoms with E-state index in [-0.39, 0.29) is 0 Å². The molecule has 4 aromatic heterocycles. The first kappa shape index (κ1) is 17.8. The molecule has 0 saturated heterocycles. The summed E-state index contributed by atoms with van der Waals surface area (Å²) >= 11 is 0. The normalized spacial score (nSPS) is 13.5. The Hall–Kier alpha value is -4.57. The molecule has 35 heavy (non-hydrogen) atoms. The zero-order valence-electron chi connectivity index (χ0n) is 18.8. The van der Waals surface area contributed by atoms with Crippen molar-refractivity contribution in [2.45, 2.75) is 12.8 Å². The average Bonchev–Trinajstić information content (AvgIpc) is 3.59. The van der Waals surface area contributed by atoms with Gasteiger partial charge in [0.25, 0.3) is 0 Å². The third kappa shape index (κ3) is 2.11. The van der Waals surface area contributed by atoms with Crippen molar-refractivity contribution in [1.29, 1.82) is 0 Å². The van der Waals surface area contributed by atoms with E-state index in [1.807, 2.05) is 24.8 Å². The van der Waals surface area contributed by atoms with Crippen LogP contribution in [0.4, 0.5) is 0 Å². The molecule has 2 aliphatic rings. The number of imidazole rings is 1. The molecule has 0 amide bonds. The molecule has 0 atom stereocenters. The maximum Gasteiger partial charge on any atom is 0.147 e. The van der Waals surface area contributed by atoms with Gasteiger partial charge in [0.05, 0.1) is 17.2 Å². The minimum absolute atomic E-state index is 0.915. The Labute approximate surface area is 200 Å². The van der Waals surface area contributed by atoms with Gasteiger partial charge >= 0.3 is 0 Å². The number of hydrogen-bond donors (Lipinski definition) is 0. The summed E-state index contributed by atoms with van der Waals surface area (Å²) in [6, 6.07) is 22.3. The summed E-state index contributed by atoms with van der Waals surface area (Å²) in [4.78, 5) is 14.0. The van der Waals surface area contributed by atoms with Crippen molar-refractivity contribution in [3.63, 3.8) is 0 Å². The smallest absolute Gasteiger partial charge is 0.147 e. The van der Waals surface area contributed by atoms with Crippen LogP contribution < -0.4 is 0 Å². The maximum absolute atomic E-state index is 5.13. The monoisotopic (exact) mass is 446 g/mol. The summed E-state index contributed by atoms with van der Waals surface area (Å²) in [5.74, 6) is 0. The summed E-state index contributed by atoms with van der Waals surface area (Å²) in [6.45, 7) is 0. The molecule has 0 radical (unpaired) electrons. The predicted octanol–water partition coefficient (Wildman–Crippen LogP) is 6.73. The zero-order chi connectivity index (χ0) is 22.7. The van der Waals surface area contributed by atoms with Crippen LogP contribution in [0.5, 0.6) is 0 Å². The molecule has 0 saturated carbocycles. The van der Waals surface area contributed by atoms with E-state index in [1.165, 1.54) is 55.3 Å².